The fourth-order valence-electron chi connectivity index (χ4n) is 1.34. The van der Waals surface area contributed by atoms with Crippen LogP contribution in [-0.2, 0) is 11.2 Å². The van der Waals surface area contributed by atoms with Gasteiger partial charge in [0.05, 0.1) is 12.1 Å². The summed E-state index contributed by atoms with van der Waals surface area (Å²) in [5, 5.41) is 8.60. The number of fused-ring (bicyclic) bond motifs is 1. The minimum absolute atomic E-state index is 0.0544. The maximum Gasteiger partial charge on any atom is 0.309 e. The van der Waals surface area contributed by atoms with Crippen LogP contribution in [0.3, 0.4) is 0 Å². The summed E-state index contributed by atoms with van der Waals surface area (Å²) >= 11 is 0. The first-order valence-electron chi connectivity index (χ1n) is 4.18. The third-order valence-corrected chi connectivity index (χ3v) is 1.95. The second kappa shape index (κ2) is 3.10. The van der Waals surface area contributed by atoms with Gasteiger partial charge < -0.3 is 5.11 Å². The Labute approximate surface area is 80.0 Å². The van der Waals surface area contributed by atoms with Crippen molar-refractivity contribution in [2.24, 2.45) is 0 Å². The SMILES string of the molecule is Cc1nccc2nc(CC(=O)O)cn12. The van der Waals surface area contributed by atoms with E-state index in [2.05, 4.69) is 9.97 Å². The number of carboxylic acid groups (broad SMARTS) is 1. The number of hydrogen-bond acceptors (Lipinski definition) is 3. The zero-order valence-electron chi connectivity index (χ0n) is 7.64. The van der Waals surface area contributed by atoms with Gasteiger partial charge in [0, 0.05) is 12.4 Å². The second-order valence-electron chi connectivity index (χ2n) is 3.02. The van der Waals surface area contributed by atoms with Crippen molar-refractivity contribution in [2.45, 2.75) is 13.3 Å². The molecule has 14 heavy (non-hydrogen) atoms. The molecule has 5 nitrogen and oxygen atoms in total. The maximum absolute atomic E-state index is 10.5. The van der Waals surface area contributed by atoms with Gasteiger partial charge in [-0.2, -0.15) is 0 Å². The Morgan fingerprint density at radius 3 is 3.07 bits per heavy atom. The molecule has 0 saturated carbocycles. The number of carbonyl (C=O) groups is 1. The molecule has 0 aliphatic rings. The average Bonchev–Trinajstić information content (AvgIpc) is 2.47. The highest BCUT2D eigenvalue weighted by Gasteiger charge is 2.06. The minimum Gasteiger partial charge on any atom is -0.481 e. The summed E-state index contributed by atoms with van der Waals surface area (Å²) in [4.78, 5) is 18.7. The topological polar surface area (TPSA) is 67.5 Å². The van der Waals surface area contributed by atoms with E-state index in [1.165, 1.54) is 0 Å². The predicted octanol–water partition coefficient (Wildman–Crippen LogP) is 0.665. The van der Waals surface area contributed by atoms with Crippen molar-refractivity contribution in [2.75, 3.05) is 0 Å². The average molecular weight is 191 g/mol. The van der Waals surface area contributed by atoms with E-state index in [4.69, 9.17) is 5.11 Å². The molecule has 72 valence electrons. The van der Waals surface area contributed by atoms with Gasteiger partial charge in [-0.25, -0.2) is 9.97 Å². The first-order chi connectivity index (χ1) is 6.66. The van der Waals surface area contributed by atoms with Gasteiger partial charge in [-0.05, 0) is 13.0 Å². The number of imidazole rings is 1. The molecular formula is C9H9N3O2. The van der Waals surface area contributed by atoms with Gasteiger partial charge in [-0.1, -0.05) is 0 Å². The van der Waals surface area contributed by atoms with Crippen molar-refractivity contribution in [3.8, 4) is 0 Å². The predicted molar refractivity (Wildman–Crippen MR) is 49.1 cm³/mol. The van der Waals surface area contributed by atoms with Crippen molar-refractivity contribution in [1.29, 1.82) is 0 Å². The van der Waals surface area contributed by atoms with E-state index >= 15 is 0 Å². The Kier molecular flexibility index (Phi) is 1.92. The quantitative estimate of drug-likeness (QED) is 0.757. The zero-order valence-corrected chi connectivity index (χ0v) is 7.64. The minimum atomic E-state index is -0.876. The maximum atomic E-state index is 10.5. The summed E-state index contributed by atoms with van der Waals surface area (Å²) in [6.07, 6.45) is 3.30. The molecule has 1 N–H and O–H groups in total. The summed E-state index contributed by atoms with van der Waals surface area (Å²) < 4.78 is 1.78. The lowest BCUT2D eigenvalue weighted by Crippen LogP contribution is -1.99. The Morgan fingerprint density at radius 2 is 2.43 bits per heavy atom. The third-order valence-electron chi connectivity index (χ3n) is 1.95. The summed E-state index contributed by atoms with van der Waals surface area (Å²) in [6, 6.07) is 1.75. The lowest BCUT2D eigenvalue weighted by atomic mass is 10.3. The van der Waals surface area contributed by atoms with Crippen molar-refractivity contribution in [1.82, 2.24) is 14.4 Å². The fraction of sp³-hybridized carbons (Fsp3) is 0.222. The molecule has 0 fully saturated rings. The molecule has 0 amide bonds. The highest BCUT2D eigenvalue weighted by molar-refractivity contribution is 5.69. The number of hydrogen-bond donors (Lipinski definition) is 1. The molecule has 2 heterocycles. The number of aryl methyl sites for hydroxylation is 1. The smallest absolute Gasteiger partial charge is 0.309 e. The monoisotopic (exact) mass is 191 g/mol. The van der Waals surface area contributed by atoms with E-state index in [1.807, 2.05) is 6.92 Å². The molecule has 0 spiro atoms. The van der Waals surface area contributed by atoms with Crippen molar-refractivity contribution in [3.05, 3.63) is 30.0 Å². The standard InChI is InChI=1S/C9H9N3O2/c1-6-10-3-2-8-11-7(4-9(13)14)5-12(6)8/h2-3,5H,4H2,1H3,(H,13,14). The van der Waals surface area contributed by atoms with Crippen LogP contribution in [0.4, 0.5) is 0 Å². The van der Waals surface area contributed by atoms with Crippen LogP contribution >= 0.6 is 0 Å². The van der Waals surface area contributed by atoms with Gasteiger partial charge in [0.25, 0.3) is 0 Å². The van der Waals surface area contributed by atoms with Crippen LogP contribution in [0.5, 0.6) is 0 Å². The zero-order chi connectivity index (χ0) is 10.1. The van der Waals surface area contributed by atoms with Crippen molar-refractivity contribution >= 4 is 11.6 Å². The van der Waals surface area contributed by atoms with Crippen LogP contribution in [0.2, 0.25) is 0 Å². The van der Waals surface area contributed by atoms with Crippen LogP contribution < -0.4 is 0 Å². The number of rotatable bonds is 2. The fourth-order valence-corrected chi connectivity index (χ4v) is 1.34. The first kappa shape index (κ1) is 8.68. The van der Waals surface area contributed by atoms with Crippen molar-refractivity contribution in [3.63, 3.8) is 0 Å². The normalized spacial score (nSPS) is 10.6. The van der Waals surface area contributed by atoms with E-state index in [9.17, 15) is 4.79 Å². The van der Waals surface area contributed by atoms with Crippen LogP contribution in [0, 0.1) is 6.92 Å². The van der Waals surface area contributed by atoms with E-state index < -0.39 is 5.97 Å². The number of carboxylic acids is 1. The molecule has 0 unspecified atom stereocenters. The van der Waals surface area contributed by atoms with E-state index in [1.54, 1.807) is 22.9 Å². The first-order valence-corrected chi connectivity index (χ1v) is 4.18. The van der Waals surface area contributed by atoms with Gasteiger partial charge in [0.15, 0.2) is 0 Å². The Hall–Kier alpha value is -1.91. The Bertz CT molecular complexity index is 490. The Morgan fingerprint density at radius 1 is 1.64 bits per heavy atom. The summed E-state index contributed by atoms with van der Waals surface area (Å²) in [7, 11) is 0. The third kappa shape index (κ3) is 1.44. The van der Waals surface area contributed by atoms with E-state index in [-0.39, 0.29) is 6.42 Å². The van der Waals surface area contributed by atoms with Gasteiger partial charge in [0.2, 0.25) is 0 Å². The molecule has 0 aliphatic heterocycles. The van der Waals surface area contributed by atoms with Crippen LogP contribution in [0.15, 0.2) is 18.5 Å². The van der Waals surface area contributed by atoms with Gasteiger partial charge in [-0.3, -0.25) is 9.20 Å². The molecule has 0 radical (unpaired) electrons. The molecule has 2 aromatic heterocycles. The van der Waals surface area contributed by atoms with Gasteiger partial charge in [0.1, 0.15) is 11.5 Å². The Balaban J connectivity index is 2.51. The molecule has 0 aromatic carbocycles. The van der Waals surface area contributed by atoms with Crippen LogP contribution in [0.1, 0.15) is 11.5 Å². The van der Waals surface area contributed by atoms with Crippen LogP contribution in [-0.4, -0.2) is 25.4 Å². The van der Waals surface area contributed by atoms with Gasteiger partial charge in [-0.15, -0.1) is 0 Å². The second-order valence-corrected chi connectivity index (χ2v) is 3.02. The van der Waals surface area contributed by atoms with Crippen molar-refractivity contribution < 1.29 is 9.90 Å². The number of nitrogens with zero attached hydrogens (tertiary/aromatic N) is 3. The molecule has 2 aromatic rings. The summed E-state index contributed by atoms with van der Waals surface area (Å²) in [6.45, 7) is 1.85. The molecule has 2 rings (SSSR count). The molecule has 5 heteroatoms. The van der Waals surface area contributed by atoms with Crippen LogP contribution in [0.25, 0.3) is 5.65 Å². The van der Waals surface area contributed by atoms with Gasteiger partial charge >= 0.3 is 5.97 Å². The highest BCUT2D eigenvalue weighted by Crippen LogP contribution is 2.06. The molecule has 0 bridgehead atoms. The number of aliphatic carboxylic acids is 1. The summed E-state index contributed by atoms with van der Waals surface area (Å²) in [5.41, 5.74) is 1.28. The largest absolute Gasteiger partial charge is 0.481 e. The molecular weight excluding hydrogens is 182 g/mol. The lowest BCUT2D eigenvalue weighted by Gasteiger charge is -1.94. The molecule has 0 saturated heterocycles. The lowest BCUT2D eigenvalue weighted by molar-refractivity contribution is -0.136. The van der Waals surface area contributed by atoms with E-state index in [0.29, 0.717) is 5.69 Å². The summed E-state index contributed by atoms with van der Waals surface area (Å²) in [5.74, 6) is -0.0781. The number of aromatic nitrogens is 3. The highest BCUT2D eigenvalue weighted by atomic mass is 16.4. The van der Waals surface area contributed by atoms with E-state index in [0.717, 1.165) is 11.5 Å². The molecule has 0 aliphatic carbocycles. The molecule has 0 atom stereocenters.